The van der Waals surface area contributed by atoms with E-state index in [1.807, 2.05) is 47.4 Å². The standard InChI is InChI=1S/C26H23NO2/c1-18-8-10-19(11-9-18)23-17-26(2)15-14-25(28)27(26)24-13-12-21(16-22(23)24)29-20-6-4-3-5-7-20/h3-13,16-17H,14-15H2,1-2H3. The van der Waals surface area contributed by atoms with Gasteiger partial charge in [-0.2, -0.15) is 0 Å². The van der Waals surface area contributed by atoms with Crippen LogP contribution in [-0.2, 0) is 4.79 Å². The molecule has 0 aromatic heterocycles. The number of amides is 1. The van der Waals surface area contributed by atoms with Crippen LogP contribution in [0.25, 0.3) is 5.57 Å². The van der Waals surface area contributed by atoms with Crippen LogP contribution in [0.3, 0.4) is 0 Å². The van der Waals surface area contributed by atoms with Gasteiger partial charge in [0, 0.05) is 12.0 Å². The molecule has 0 aliphatic carbocycles. The maximum Gasteiger partial charge on any atom is 0.227 e. The lowest BCUT2D eigenvalue weighted by molar-refractivity contribution is -0.117. The summed E-state index contributed by atoms with van der Waals surface area (Å²) >= 11 is 0. The van der Waals surface area contributed by atoms with Crippen LogP contribution < -0.4 is 9.64 Å². The minimum atomic E-state index is -0.286. The second kappa shape index (κ2) is 6.63. The van der Waals surface area contributed by atoms with Gasteiger partial charge in [0.2, 0.25) is 5.91 Å². The first-order chi connectivity index (χ1) is 14.0. The monoisotopic (exact) mass is 381 g/mol. The number of aryl methyl sites for hydroxylation is 1. The molecule has 0 N–H and O–H groups in total. The first-order valence-electron chi connectivity index (χ1n) is 10.0. The third-order valence-electron chi connectivity index (χ3n) is 5.90. The van der Waals surface area contributed by atoms with Gasteiger partial charge in [0.05, 0.1) is 11.2 Å². The highest BCUT2D eigenvalue weighted by Crippen LogP contribution is 2.48. The van der Waals surface area contributed by atoms with Crippen molar-refractivity contribution in [3.8, 4) is 11.5 Å². The zero-order chi connectivity index (χ0) is 20.0. The maximum atomic E-state index is 12.7. The third kappa shape index (κ3) is 3.03. The molecule has 0 saturated carbocycles. The molecule has 5 rings (SSSR count). The number of nitrogens with zero attached hydrogens (tertiary/aromatic N) is 1. The Morgan fingerprint density at radius 3 is 2.45 bits per heavy atom. The number of fused-ring (bicyclic) bond motifs is 3. The molecule has 3 nitrogen and oxygen atoms in total. The molecule has 3 heteroatoms. The number of hydrogen-bond donors (Lipinski definition) is 0. The van der Waals surface area contributed by atoms with Gasteiger partial charge in [-0.15, -0.1) is 0 Å². The maximum absolute atomic E-state index is 12.7. The second-order valence-corrected chi connectivity index (χ2v) is 8.10. The van der Waals surface area contributed by atoms with Crippen molar-refractivity contribution < 1.29 is 9.53 Å². The van der Waals surface area contributed by atoms with Crippen molar-refractivity contribution in [3.63, 3.8) is 0 Å². The summed E-state index contributed by atoms with van der Waals surface area (Å²) in [4.78, 5) is 14.7. The van der Waals surface area contributed by atoms with Gasteiger partial charge in [-0.1, -0.05) is 54.1 Å². The SMILES string of the molecule is Cc1ccc(C2=CC3(C)CCC(=O)N3c3ccc(Oc4ccccc4)cc32)cc1. The van der Waals surface area contributed by atoms with Gasteiger partial charge < -0.3 is 9.64 Å². The van der Waals surface area contributed by atoms with Crippen LogP contribution in [0.4, 0.5) is 5.69 Å². The van der Waals surface area contributed by atoms with Crippen LogP contribution in [0.15, 0.2) is 78.9 Å². The molecule has 2 heterocycles. The summed E-state index contributed by atoms with van der Waals surface area (Å²) in [6.07, 6.45) is 3.68. The minimum absolute atomic E-state index is 0.185. The van der Waals surface area contributed by atoms with Crippen molar-refractivity contribution in [2.24, 2.45) is 0 Å². The Labute approximate surface area is 171 Å². The first kappa shape index (κ1) is 17.7. The Morgan fingerprint density at radius 1 is 0.931 bits per heavy atom. The number of para-hydroxylation sites is 1. The number of rotatable bonds is 3. The minimum Gasteiger partial charge on any atom is -0.457 e. The zero-order valence-electron chi connectivity index (χ0n) is 16.7. The second-order valence-electron chi connectivity index (χ2n) is 8.10. The molecule has 1 unspecified atom stereocenters. The summed E-state index contributed by atoms with van der Waals surface area (Å²) < 4.78 is 6.08. The van der Waals surface area contributed by atoms with E-state index in [2.05, 4.69) is 50.3 Å². The molecule has 2 aliphatic rings. The normalized spacial score (nSPS) is 20.1. The van der Waals surface area contributed by atoms with E-state index in [-0.39, 0.29) is 11.4 Å². The van der Waals surface area contributed by atoms with Crippen LogP contribution in [0.1, 0.15) is 36.5 Å². The van der Waals surface area contributed by atoms with Crippen LogP contribution >= 0.6 is 0 Å². The number of carbonyl (C=O) groups excluding carboxylic acids is 1. The first-order valence-corrected chi connectivity index (χ1v) is 10.0. The topological polar surface area (TPSA) is 29.5 Å². The summed E-state index contributed by atoms with van der Waals surface area (Å²) in [6.45, 7) is 4.25. The highest BCUT2D eigenvalue weighted by atomic mass is 16.5. The molecule has 2 aliphatic heterocycles. The van der Waals surface area contributed by atoms with Gasteiger partial charge in [-0.05, 0) is 61.7 Å². The van der Waals surface area contributed by atoms with Gasteiger partial charge >= 0.3 is 0 Å². The number of benzene rings is 3. The summed E-state index contributed by atoms with van der Waals surface area (Å²) in [5.41, 5.74) is 5.27. The predicted octanol–water partition coefficient (Wildman–Crippen LogP) is 6.12. The zero-order valence-corrected chi connectivity index (χ0v) is 16.7. The Kier molecular flexibility index (Phi) is 4.06. The van der Waals surface area contributed by atoms with Crippen molar-refractivity contribution >= 4 is 17.2 Å². The molecule has 1 amide bonds. The van der Waals surface area contributed by atoms with Gasteiger partial charge in [0.25, 0.3) is 0 Å². The lowest BCUT2D eigenvalue weighted by Crippen LogP contribution is -2.44. The fourth-order valence-electron chi connectivity index (χ4n) is 4.39. The molecule has 144 valence electrons. The lowest BCUT2D eigenvalue weighted by atomic mass is 9.84. The third-order valence-corrected chi connectivity index (χ3v) is 5.90. The van der Waals surface area contributed by atoms with Crippen molar-refractivity contribution in [1.82, 2.24) is 0 Å². The molecule has 1 saturated heterocycles. The summed E-state index contributed by atoms with van der Waals surface area (Å²) in [5, 5.41) is 0. The van der Waals surface area contributed by atoms with E-state index >= 15 is 0 Å². The predicted molar refractivity (Wildman–Crippen MR) is 116 cm³/mol. The van der Waals surface area contributed by atoms with E-state index in [0.717, 1.165) is 40.3 Å². The molecule has 0 spiro atoms. The van der Waals surface area contributed by atoms with E-state index in [4.69, 9.17) is 4.74 Å². The molecule has 29 heavy (non-hydrogen) atoms. The molecule has 1 atom stereocenters. The Morgan fingerprint density at radius 2 is 1.69 bits per heavy atom. The average molecular weight is 381 g/mol. The quantitative estimate of drug-likeness (QED) is 0.547. The van der Waals surface area contributed by atoms with Crippen LogP contribution in [-0.4, -0.2) is 11.4 Å². The van der Waals surface area contributed by atoms with Gasteiger partial charge in [0.15, 0.2) is 0 Å². The Bertz CT molecular complexity index is 1120. The van der Waals surface area contributed by atoms with Crippen LogP contribution in [0.5, 0.6) is 11.5 Å². The molecule has 0 radical (unpaired) electrons. The average Bonchev–Trinajstić information content (AvgIpc) is 3.04. The molecule has 0 bridgehead atoms. The smallest absolute Gasteiger partial charge is 0.227 e. The van der Waals surface area contributed by atoms with Crippen molar-refractivity contribution in [1.29, 1.82) is 0 Å². The van der Waals surface area contributed by atoms with Gasteiger partial charge in [0.1, 0.15) is 11.5 Å². The van der Waals surface area contributed by atoms with Crippen LogP contribution in [0, 0.1) is 6.92 Å². The summed E-state index contributed by atoms with van der Waals surface area (Å²) in [6, 6.07) is 24.4. The molecular weight excluding hydrogens is 358 g/mol. The highest BCUT2D eigenvalue weighted by molar-refractivity contribution is 6.05. The van der Waals surface area contributed by atoms with Crippen LogP contribution in [0.2, 0.25) is 0 Å². The van der Waals surface area contributed by atoms with E-state index in [0.29, 0.717) is 6.42 Å². The number of hydrogen-bond acceptors (Lipinski definition) is 2. The number of carbonyl (C=O) groups is 1. The van der Waals surface area contributed by atoms with E-state index in [1.54, 1.807) is 0 Å². The Hall–Kier alpha value is -3.33. The van der Waals surface area contributed by atoms with E-state index in [9.17, 15) is 4.79 Å². The number of anilines is 1. The van der Waals surface area contributed by atoms with Gasteiger partial charge in [-0.25, -0.2) is 0 Å². The Balaban J connectivity index is 1.65. The van der Waals surface area contributed by atoms with Gasteiger partial charge in [-0.3, -0.25) is 4.79 Å². The fraction of sp³-hybridized carbons (Fsp3) is 0.192. The lowest BCUT2D eigenvalue weighted by Gasteiger charge is -2.39. The highest BCUT2D eigenvalue weighted by Gasteiger charge is 2.45. The number of ether oxygens (including phenoxy) is 1. The molecular formula is C26H23NO2. The van der Waals surface area contributed by atoms with Crippen molar-refractivity contribution in [3.05, 3.63) is 95.6 Å². The van der Waals surface area contributed by atoms with Crippen molar-refractivity contribution in [2.75, 3.05) is 4.90 Å². The van der Waals surface area contributed by atoms with E-state index < -0.39 is 0 Å². The molecule has 3 aromatic rings. The summed E-state index contributed by atoms with van der Waals surface area (Å²) in [5.74, 6) is 1.75. The van der Waals surface area contributed by atoms with E-state index in [1.165, 1.54) is 5.56 Å². The fourth-order valence-corrected chi connectivity index (χ4v) is 4.39. The molecule has 1 fully saturated rings. The largest absolute Gasteiger partial charge is 0.457 e. The van der Waals surface area contributed by atoms with Crippen molar-refractivity contribution in [2.45, 2.75) is 32.2 Å². The summed E-state index contributed by atoms with van der Waals surface area (Å²) in [7, 11) is 0. The molecule has 3 aromatic carbocycles.